The van der Waals surface area contributed by atoms with Gasteiger partial charge in [0.1, 0.15) is 6.04 Å². The molecule has 5 nitrogen and oxygen atoms in total. The zero-order valence-corrected chi connectivity index (χ0v) is 11.7. The summed E-state index contributed by atoms with van der Waals surface area (Å²) in [5.74, 6) is -0.110. The first kappa shape index (κ1) is 14.4. The second kappa shape index (κ2) is 7.66. The highest BCUT2D eigenvalue weighted by atomic mass is 79.9. The van der Waals surface area contributed by atoms with E-state index in [9.17, 15) is 9.59 Å². The number of unbranched alkanes of at least 4 members (excludes halogenated alkanes) is 1. The van der Waals surface area contributed by atoms with Crippen LogP contribution in [0.3, 0.4) is 0 Å². The highest BCUT2D eigenvalue weighted by Gasteiger charge is 2.31. The van der Waals surface area contributed by atoms with Crippen LogP contribution in [0.15, 0.2) is 0 Å². The second-order valence-corrected chi connectivity index (χ2v) is 4.73. The Hall–Kier alpha value is -0.620. The molecule has 0 spiro atoms. The van der Waals surface area contributed by atoms with Crippen LogP contribution in [0.1, 0.15) is 19.3 Å². The molecule has 0 aromatic rings. The van der Waals surface area contributed by atoms with Gasteiger partial charge in [0, 0.05) is 25.3 Å². The van der Waals surface area contributed by atoms with Crippen molar-refractivity contribution >= 4 is 27.7 Å². The van der Waals surface area contributed by atoms with Gasteiger partial charge < -0.3 is 15.0 Å². The minimum absolute atomic E-state index is 0.0443. The number of rotatable bonds is 5. The van der Waals surface area contributed by atoms with Crippen LogP contribution in [0.5, 0.6) is 0 Å². The van der Waals surface area contributed by atoms with E-state index < -0.39 is 6.04 Å². The fraction of sp³-hybridized carbons (Fsp3) is 0.818. The maximum Gasteiger partial charge on any atom is 0.244 e. The molecule has 0 aromatic heterocycles. The van der Waals surface area contributed by atoms with Gasteiger partial charge in [-0.2, -0.15) is 0 Å². The van der Waals surface area contributed by atoms with E-state index in [0.29, 0.717) is 26.2 Å². The molecule has 1 N–H and O–H groups in total. The molecule has 1 fully saturated rings. The summed E-state index contributed by atoms with van der Waals surface area (Å²) in [5, 5.41) is 3.47. The minimum atomic E-state index is -0.467. The molecule has 0 aliphatic carbocycles. The SMILES string of the molecule is CNC(=O)C1COCCN1C(=O)CCCCBr. The van der Waals surface area contributed by atoms with Crippen molar-refractivity contribution in [3.05, 3.63) is 0 Å². The molecule has 1 saturated heterocycles. The second-order valence-electron chi connectivity index (χ2n) is 3.94. The Morgan fingerprint density at radius 2 is 2.24 bits per heavy atom. The third-order valence-corrected chi connectivity index (χ3v) is 3.33. The van der Waals surface area contributed by atoms with Gasteiger partial charge in [0.25, 0.3) is 0 Å². The molecule has 1 rings (SSSR count). The molecule has 6 heteroatoms. The Morgan fingerprint density at radius 1 is 1.47 bits per heavy atom. The summed E-state index contributed by atoms with van der Waals surface area (Å²) in [4.78, 5) is 25.2. The van der Waals surface area contributed by atoms with E-state index >= 15 is 0 Å². The predicted molar refractivity (Wildman–Crippen MR) is 68.0 cm³/mol. The van der Waals surface area contributed by atoms with Crippen LogP contribution in [0.2, 0.25) is 0 Å². The molecule has 1 aliphatic heterocycles. The molecule has 2 amide bonds. The van der Waals surface area contributed by atoms with E-state index in [2.05, 4.69) is 21.2 Å². The zero-order chi connectivity index (χ0) is 12.7. The Kier molecular flexibility index (Phi) is 6.50. The summed E-state index contributed by atoms with van der Waals surface area (Å²) in [6, 6.07) is -0.467. The summed E-state index contributed by atoms with van der Waals surface area (Å²) in [6.07, 6.45) is 2.32. The Labute approximate surface area is 110 Å². The molecule has 0 bridgehead atoms. The minimum Gasteiger partial charge on any atom is -0.377 e. The highest BCUT2D eigenvalue weighted by molar-refractivity contribution is 9.09. The average Bonchev–Trinajstić information content (AvgIpc) is 2.38. The molecule has 98 valence electrons. The lowest BCUT2D eigenvalue weighted by Crippen LogP contribution is -2.55. The number of hydrogen-bond donors (Lipinski definition) is 1. The number of likely N-dealkylation sites (N-methyl/N-ethyl adjacent to an activating group) is 1. The van der Waals surface area contributed by atoms with E-state index in [1.54, 1.807) is 11.9 Å². The third kappa shape index (κ3) is 4.27. The molecule has 0 radical (unpaired) electrons. The number of halogens is 1. The Bertz CT molecular complexity index is 273. The summed E-state index contributed by atoms with van der Waals surface area (Å²) in [6.45, 7) is 1.31. The van der Waals surface area contributed by atoms with E-state index in [0.717, 1.165) is 18.2 Å². The lowest BCUT2D eigenvalue weighted by molar-refractivity contribution is -0.148. The van der Waals surface area contributed by atoms with Gasteiger partial charge in [-0.05, 0) is 12.8 Å². The standard InChI is InChI=1S/C11H19BrN2O3/c1-13-11(16)9-8-17-7-6-14(9)10(15)4-2-3-5-12/h9H,2-8H2,1H3,(H,13,16). The number of hydrogen-bond acceptors (Lipinski definition) is 3. The van der Waals surface area contributed by atoms with Crippen molar-refractivity contribution in [2.45, 2.75) is 25.3 Å². The first-order chi connectivity index (χ1) is 8.20. The third-order valence-electron chi connectivity index (χ3n) is 2.77. The number of nitrogens with zero attached hydrogens (tertiary/aromatic N) is 1. The number of amides is 2. The van der Waals surface area contributed by atoms with Crippen LogP contribution in [0.25, 0.3) is 0 Å². The molecule has 0 saturated carbocycles. The lowest BCUT2D eigenvalue weighted by atomic mass is 10.1. The zero-order valence-electron chi connectivity index (χ0n) is 10.1. The van der Waals surface area contributed by atoms with Crippen molar-refractivity contribution in [1.29, 1.82) is 0 Å². The molecule has 1 heterocycles. The molecule has 1 atom stereocenters. The number of morpholine rings is 1. The van der Waals surface area contributed by atoms with E-state index in [-0.39, 0.29) is 11.8 Å². The number of carbonyl (C=O) groups excluding carboxylic acids is 2. The molecule has 1 aliphatic rings. The lowest BCUT2D eigenvalue weighted by Gasteiger charge is -2.34. The van der Waals surface area contributed by atoms with Gasteiger partial charge in [-0.3, -0.25) is 9.59 Å². The maximum atomic E-state index is 12.0. The van der Waals surface area contributed by atoms with Crippen molar-refractivity contribution < 1.29 is 14.3 Å². The molecular formula is C11H19BrN2O3. The number of alkyl halides is 1. The van der Waals surface area contributed by atoms with E-state index in [1.807, 2.05) is 0 Å². The normalized spacial score (nSPS) is 20.1. The molecular weight excluding hydrogens is 288 g/mol. The van der Waals surface area contributed by atoms with Crippen LogP contribution in [-0.2, 0) is 14.3 Å². The van der Waals surface area contributed by atoms with Crippen molar-refractivity contribution in [3.63, 3.8) is 0 Å². The Morgan fingerprint density at radius 3 is 2.88 bits per heavy atom. The number of nitrogens with one attached hydrogen (secondary N) is 1. The van der Waals surface area contributed by atoms with Gasteiger partial charge >= 0.3 is 0 Å². The first-order valence-electron chi connectivity index (χ1n) is 5.85. The summed E-state index contributed by atoms with van der Waals surface area (Å²) >= 11 is 3.33. The Balaban J connectivity index is 2.52. The van der Waals surface area contributed by atoms with Gasteiger partial charge in [-0.1, -0.05) is 15.9 Å². The predicted octanol–water partition coefficient (Wildman–Crippen LogP) is 0.525. The first-order valence-corrected chi connectivity index (χ1v) is 6.97. The van der Waals surface area contributed by atoms with Crippen LogP contribution in [0.4, 0.5) is 0 Å². The molecule has 1 unspecified atom stereocenters. The van der Waals surface area contributed by atoms with Crippen molar-refractivity contribution in [1.82, 2.24) is 10.2 Å². The number of carbonyl (C=O) groups is 2. The average molecular weight is 307 g/mol. The van der Waals surface area contributed by atoms with Crippen molar-refractivity contribution in [2.24, 2.45) is 0 Å². The van der Waals surface area contributed by atoms with Crippen LogP contribution >= 0.6 is 15.9 Å². The molecule has 0 aromatic carbocycles. The van der Waals surface area contributed by atoms with Gasteiger partial charge in [0.15, 0.2) is 0 Å². The van der Waals surface area contributed by atoms with Crippen LogP contribution in [0, 0.1) is 0 Å². The summed E-state index contributed by atoms with van der Waals surface area (Å²) in [7, 11) is 1.57. The van der Waals surface area contributed by atoms with Gasteiger partial charge in [0.05, 0.1) is 13.2 Å². The smallest absolute Gasteiger partial charge is 0.244 e. The van der Waals surface area contributed by atoms with Crippen molar-refractivity contribution in [3.8, 4) is 0 Å². The maximum absolute atomic E-state index is 12.0. The van der Waals surface area contributed by atoms with Crippen LogP contribution < -0.4 is 5.32 Å². The topological polar surface area (TPSA) is 58.6 Å². The highest BCUT2D eigenvalue weighted by Crippen LogP contribution is 2.11. The monoisotopic (exact) mass is 306 g/mol. The fourth-order valence-electron chi connectivity index (χ4n) is 1.80. The van der Waals surface area contributed by atoms with Gasteiger partial charge in [0.2, 0.25) is 11.8 Å². The summed E-state index contributed by atoms with van der Waals surface area (Å²) < 4.78 is 5.25. The fourth-order valence-corrected chi connectivity index (χ4v) is 2.20. The summed E-state index contributed by atoms with van der Waals surface area (Å²) in [5.41, 5.74) is 0. The quantitative estimate of drug-likeness (QED) is 0.595. The number of ether oxygens (including phenoxy) is 1. The largest absolute Gasteiger partial charge is 0.377 e. The van der Waals surface area contributed by atoms with Gasteiger partial charge in [-0.15, -0.1) is 0 Å². The molecule has 17 heavy (non-hydrogen) atoms. The van der Waals surface area contributed by atoms with Gasteiger partial charge in [-0.25, -0.2) is 0 Å². The van der Waals surface area contributed by atoms with E-state index in [1.165, 1.54) is 0 Å². The van der Waals surface area contributed by atoms with E-state index in [4.69, 9.17) is 4.74 Å². The van der Waals surface area contributed by atoms with Crippen molar-refractivity contribution in [2.75, 3.05) is 32.1 Å². The van der Waals surface area contributed by atoms with Crippen LogP contribution in [-0.4, -0.2) is 54.9 Å².